The van der Waals surface area contributed by atoms with Crippen molar-refractivity contribution >= 4 is 45.6 Å². The molecule has 0 amide bonds. The number of ether oxygens (including phenoxy) is 1. The maximum atomic E-state index is 11.2. The normalized spacial score (nSPS) is 22.2. The third kappa shape index (κ3) is 6.74. The average molecular weight is 404 g/mol. The van der Waals surface area contributed by atoms with Crippen molar-refractivity contribution in [2.75, 3.05) is 32.5 Å². The molecule has 1 aromatic rings. The summed E-state index contributed by atoms with van der Waals surface area (Å²) < 4.78 is 30.7. The molecule has 1 saturated heterocycles. The second kappa shape index (κ2) is 9.42. The summed E-state index contributed by atoms with van der Waals surface area (Å²) >= 11 is 12.1. The van der Waals surface area contributed by atoms with Gasteiger partial charge in [-0.2, -0.15) is 0 Å². The van der Waals surface area contributed by atoms with Gasteiger partial charge in [0.25, 0.3) is 0 Å². The van der Waals surface area contributed by atoms with Crippen molar-refractivity contribution in [3.63, 3.8) is 0 Å². The van der Waals surface area contributed by atoms with Crippen LogP contribution in [0.3, 0.4) is 0 Å². The van der Waals surface area contributed by atoms with Crippen molar-refractivity contribution in [1.29, 1.82) is 0 Å². The predicted octanol–water partition coefficient (Wildman–Crippen LogP) is 2.43. The predicted molar refractivity (Wildman–Crippen MR) is 96.5 cm³/mol. The minimum absolute atomic E-state index is 0. The molecule has 23 heavy (non-hydrogen) atoms. The first-order chi connectivity index (χ1) is 10.4. The number of benzene rings is 1. The lowest BCUT2D eigenvalue weighted by Gasteiger charge is -2.25. The Morgan fingerprint density at radius 3 is 2.74 bits per heavy atom. The quantitative estimate of drug-likeness (QED) is 0.792. The molecule has 1 aliphatic rings. The van der Waals surface area contributed by atoms with Crippen LogP contribution in [0.25, 0.3) is 0 Å². The highest BCUT2D eigenvalue weighted by Gasteiger charge is 2.26. The average Bonchev–Trinajstić information content (AvgIpc) is 2.66. The minimum atomic E-state index is -3.19. The molecular formula is C14H21Cl3N2O3S. The molecule has 0 aliphatic carbocycles. The first kappa shape index (κ1) is 21.0. The Kier molecular flexibility index (Phi) is 8.58. The standard InChI is InChI=1S/C14H20Cl2N2O3S.ClH/c1-22(19,20)18-5-4-14-11(9-17-6-7-21-14)10-2-3-12(15)13(16)8-10;/h2-3,8,11,14,17-18H,4-7,9H2,1H3;1H/t11-,14-;/m0./s1. The summed E-state index contributed by atoms with van der Waals surface area (Å²) in [5.41, 5.74) is 1.04. The number of hydrogen-bond donors (Lipinski definition) is 2. The highest BCUT2D eigenvalue weighted by Crippen LogP contribution is 2.30. The molecular weight excluding hydrogens is 383 g/mol. The first-order valence-electron chi connectivity index (χ1n) is 7.09. The van der Waals surface area contributed by atoms with E-state index in [4.69, 9.17) is 27.9 Å². The summed E-state index contributed by atoms with van der Waals surface area (Å²) in [6, 6.07) is 5.56. The molecule has 2 rings (SSSR count). The van der Waals surface area contributed by atoms with Crippen LogP contribution in [0.5, 0.6) is 0 Å². The molecule has 0 aromatic heterocycles. The van der Waals surface area contributed by atoms with Gasteiger partial charge in [-0.3, -0.25) is 0 Å². The Balaban J connectivity index is 0.00000264. The summed E-state index contributed by atoms with van der Waals surface area (Å²) in [5.74, 6) is 0.0960. The van der Waals surface area contributed by atoms with Crippen LogP contribution in [-0.2, 0) is 14.8 Å². The fourth-order valence-corrected chi connectivity index (χ4v) is 3.33. The van der Waals surface area contributed by atoms with Crippen LogP contribution in [0.1, 0.15) is 17.9 Å². The molecule has 1 heterocycles. The summed E-state index contributed by atoms with van der Waals surface area (Å²) in [6.45, 7) is 2.47. The van der Waals surface area contributed by atoms with Gasteiger partial charge in [0.1, 0.15) is 0 Å². The zero-order chi connectivity index (χ0) is 16.2. The maximum Gasteiger partial charge on any atom is 0.208 e. The molecule has 0 saturated carbocycles. The maximum absolute atomic E-state index is 11.2. The smallest absolute Gasteiger partial charge is 0.208 e. The van der Waals surface area contributed by atoms with E-state index in [-0.39, 0.29) is 24.4 Å². The van der Waals surface area contributed by atoms with E-state index in [0.717, 1.165) is 24.9 Å². The number of sulfonamides is 1. The summed E-state index contributed by atoms with van der Waals surface area (Å²) in [5, 5.41) is 4.35. The number of halogens is 3. The summed E-state index contributed by atoms with van der Waals surface area (Å²) in [7, 11) is -3.19. The van der Waals surface area contributed by atoms with Crippen molar-refractivity contribution in [1.82, 2.24) is 10.0 Å². The number of nitrogens with one attached hydrogen (secondary N) is 2. The molecule has 1 fully saturated rings. The molecule has 0 bridgehead atoms. The molecule has 1 aromatic carbocycles. The molecule has 132 valence electrons. The lowest BCUT2D eigenvalue weighted by atomic mass is 9.91. The van der Waals surface area contributed by atoms with Gasteiger partial charge in [-0.25, -0.2) is 13.1 Å². The highest BCUT2D eigenvalue weighted by atomic mass is 35.5. The van der Waals surface area contributed by atoms with Gasteiger partial charge >= 0.3 is 0 Å². The third-order valence-electron chi connectivity index (χ3n) is 3.59. The number of hydrogen-bond acceptors (Lipinski definition) is 4. The van der Waals surface area contributed by atoms with Gasteiger partial charge in [0.2, 0.25) is 10.0 Å². The van der Waals surface area contributed by atoms with E-state index in [1.54, 1.807) is 6.07 Å². The van der Waals surface area contributed by atoms with Crippen LogP contribution in [0.2, 0.25) is 10.0 Å². The van der Waals surface area contributed by atoms with Crippen LogP contribution < -0.4 is 10.0 Å². The van der Waals surface area contributed by atoms with E-state index in [1.165, 1.54) is 0 Å². The van der Waals surface area contributed by atoms with Crippen LogP contribution in [0.4, 0.5) is 0 Å². The van der Waals surface area contributed by atoms with Gasteiger partial charge < -0.3 is 10.1 Å². The van der Waals surface area contributed by atoms with Crippen molar-refractivity contribution in [3.8, 4) is 0 Å². The van der Waals surface area contributed by atoms with Crippen molar-refractivity contribution in [2.24, 2.45) is 0 Å². The topological polar surface area (TPSA) is 67.4 Å². The monoisotopic (exact) mass is 402 g/mol. The second-order valence-electron chi connectivity index (χ2n) is 5.35. The lowest BCUT2D eigenvalue weighted by Crippen LogP contribution is -2.32. The Labute approximate surface area is 153 Å². The van der Waals surface area contributed by atoms with Gasteiger partial charge in [0, 0.05) is 25.6 Å². The minimum Gasteiger partial charge on any atom is -0.376 e. The Bertz CT molecular complexity index is 613. The van der Waals surface area contributed by atoms with Gasteiger partial charge in [0.15, 0.2) is 0 Å². The van der Waals surface area contributed by atoms with E-state index >= 15 is 0 Å². The molecule has 9 heteroatoms. The van der Waals surface area contributed by atoms with Crippen molar-refractivity contribution in [2.45, 2.75) is 18.4 Å². The van der Waals surface area contributed by atoms with Gasteiger partial charge in [-0.1, -0.05) is 29.3 Å². The third-order valence-corrected chi connectivity index (χ3v) is 5.06. The zero-order valence-electron chi connectivity index (χ0n) is 12.7. The Morgan fingerprint density at radius 2 is 2.09 bits per heavy atom. The largest absolute Gasteiger partial charge is 0.376 e. The molecule has 0 spiro atoms. The fourth-order valence-electron chi connectivity index (χ4n) is 2.53. The zero-order valence-corrected chi connectivity index (χ0v) is 15.9. The Hall–Kier alpha value is -0.0800. The van der Waals surface area contributed by atoms with E-state index in [2.05, 4.69) is 10.0 Å². The molecule has 5 nitrogen and oxygen atoms in total. The van der Waals surface area contributed by atoms with Crippen LogP contribution >= 0.6 is 35.6 Å². The molecule has 0 radical (unpaired) electrons. The van der Waals surface area contributed by atoms with Crippen LogP contribution in [0, 0.1) is 0 Å². The van der Waals surface area contributed by atoms with Crippen molar-refractivity contribution < 1.29 is 13.2 Å². The summed E-state index contributed by atoms with van der Waals surface area (Å²) in [4.78, 5) is 0. The highest BCUT2D eigenvalue weighted by molar-refractivity contribution is 7.88. The van der Waals surface area contributed by atoms with Crippen LogP contribution in [0.15, 0.2) is 18.2 Å². The number of rotatable bonds is 5. The molecule has 2 atom stereocenters. The fraction of sp³-hybridized carbons (Fsp3) is 0.571. The van der Waals surface area contributed by atoms with E-state index in [1.807, 2.05) is 12.1 Å². The Morgan fingerprint density at radius 1 is 1.35 bits per heavy atom. The van der Waals surface area contributed by atoms with E-state index in [0.29, 0.717) is 29.6 Å². The SMILES string of the molecule is CS(=O)(=O)NCC[C@@H]1OCCNC[C@H]1c1ccc(Cl)c(Cl)c1.Cl. The van der Waals surface area contributed by atoms with E-state index in [9.17, 15) is 8.42 Å². The second-order valence-corrected chi connectivity index (χ2v) is 8.00. The van der Waals surface area contributed by atoms with Crippen molar-refractivity contribution in [3.05, 3.63) is 33.8 Å². The van der Waals surface area contributed by atoms with Crippen LogP contribution in [-0.4, -0.2) is 47.0 Å². The molecule has 0 unspecified atom stereocenters. The molecule has 2 N–H and O–H groups in total. The lowest BCUT2D eigenvalue weighted by molar-refractivity contribution is 0.0473. The van der Waals surface area contributed by atoms with E-state index < -0.39 is 10.0 Å². The molecule has 1 aliphatic heterocycles. The summed E-state index contributed by atoms with van der Waals surface area (Å²) in [6.07, 6.45) is 1.67. The van der Waals surface area contributed by atoms with Gasteiger partial charge in [0.05, 0.1) is 29.0 Å². The first-order valence-corrected chi connectivity index (χ1v) is 9.73. The van der Waals surface area contributed by atoms with Gasteiger partial charge in [-0.05, 0) is 24.1 Å². The van der Waals surface area contributed by atoms with Gasteiger partial charge in [-0.15, -0.1) is 12.4 Å².